The third-order valence-corrected chi connectivity index (χ3v) is 4.68. The van der Waals surface area contributed by atoms with Gasteiger partial charge >= 0.3 is 0 Å². The molecule has 0 bridgehead atoms. The Morgan fingerprint density at radius 1 is 1.25 bits per heavy atom. The molecule has 1 saturated heterocycles. The molecule has 0 amide bonds. The first-order valence-corrected chi connectivity index (χ1v) is 8.48. The third-order valence-electron chi connectivity index (χ3n) is 4.68. The predicted octanol–water partition coefficient (Wildman–Crippen LogP) is 2.82. The van der Waals surface area contributed by atoms with Gasteiger partial charge in [-0.05, 0) is 51.9 Å². The molecule has 3 heteroatoms. The molecule has 0 aromatic heterocycles. The van der Waals surface area contributed by atoms with E-state index in [9.17, 15) is 0 Å². The van der Waals surface area contributed by atoms with E-state index in [1.54, 1.807) is 0 Å². The molecule has 3 nitrogen and oxygen atoms in total. The summed E-state index contributed by atoms with van der Waals surface area (Å²) in [7, 11) is 4.43. The SMILES string of the molecule is CCCC(C)(CNC(C)C)CN1CCC(N(C)C)CC1. The Balaban J connectivity index is 2.45. The van der Waals surface area contributed by atoms with Crippen molar-refractivity contribution in [3.8, 4) is 0 Å². The summed E-state index contributed by atoms with van der Waals surface area (Å²) in [6, 6.07) is 1.38. The Morgan fingerprint density at radius 2 is 1.85 bits per heavy atom. The lowest BCUT2D eigenvalue weighted by Gasteiger charge is -2.41. The second kappa shape index (κ2) is 8.35. The molecule has 1 fully saturated rings. The van der Waals surface area contributed by atoms with Crippen molar-refractivity contribution < 1.29 is 0 Å². The second-order valence-corrected chi connectivity index (χ2v) is 7.57. The van der Waals surface area contributed by atoms with Crippen molar-refractivity contribution in [2.24, 2.45) is 5.41 Å². The van der Waals surface area contributed by atoms with Gasteiger partial charge in [-0.3, -0.25) is 0 Å². The van der Waals surface area contributed by atoms with Gasteiger partial charge in [0.1, 0.15) is 0 Å². The molecule has 20 heavy (non-hydrogen) atoms. The van der Waals surface area contributed by atoms with Crippen LogP contribution in [-0.4, -0.2) is 62.2 Å². The molecular formula is C17H37N3. The van der Waals surface area contributed by atoms with Gasteiger partial charge in [0.25, 0.3) is 0 Å². The van der Waals surface area contributed by atoms with E-state index in [0.717, 1.165) is 12.6 Å². The number of nitrogens with zero attached hydrogens (tertiary/aromatic N) is 2. The predicted molar refractivity (Wildman–Crippen MR) is 89.3 cm³/mol. The molecule has 0 aromatic rings. The molecule has 0 spiro atoms. The molecular weight excluding hydrogens is 246 g/mol. The van der Waals surface area contributed by atoms with Crippen LogP contribution in [0.25, 0.3) is 0 Å². The van der Waals surface area contributed by atoms with Crippen LogP contribution in [0.15, 0.2) is 0 Å². The van der Waals surface area contributed by atoms with E-state index in [2.05, 4.69) is 56.9 Å². The fourth-order valence-electron chi connectivity index (χ4n) is 3.41. The van der Waals surface area contributed by atoms with Gasteiger partial charge in [0.05, 0.1) is 0 Å². The van der Waals surface area contributed by atoms with Gasteiger partial charge in [-0.25, -0.2) is 0 Å². The maximum atomic E-state index is 3.65. The minimum atomic E-state index is 0.421. The average Bonchev–Trinajstić information content (AvgIpc) is 2.37. The van der Waals surface area contributed by atoms with Gasteiger partial charge in [-0.1, -0.05) is 34.1 Å². The van der Waals surface area contributed by atoms with Gasteiger partial charge in [-0.2, -0.15) is 0 Å². The standard InChI is InChI=1S/C17H37N3/c1-7-10-17(4,13-18-15(2)3)14-20-11-8-16(9-12-20)19(5)6/h15-16,18H,7-14H2,1-6H3. The van der Waals surface area contributed by atoms with E-state index < -0.39 is 0 Å². The number of piperidine rings is 1. The van der Waals surface area contributed by atoms with E-state index >= 15 is 0 Å². The Kier molecular flexibility index (Phi) is 7.49. The Labute approximate surface area is 127 Å². The van der Waals surface area contributed by atoms with E-state index in [1.165, 1.54) is 45.3 Å². The van der Waals surface area contributed by atoms with E-state index in [4.69, 9.17) is 0 Å². The van der Waals surface area contributed by atoms with Crippen molar-refractivity contribution in [1.82, 2.24) is 15.1 Å². The van der Waals surface area contributed by atoms with Crippen LogP contribution in [-0.2, 0) is 0 Å². The lowest BCUT2D eigenvalue weighted by atomic mass is 9.84. The zero-order valence-corrected chi connectivity index (χ0v) is 14.7. The highest BCUT2D eigenvalue weighted by Gasteiger charge is 2.29. The first-order chi connectivity index (χ1) is 9.36. The monoisotopic (exact) mass is 283 g/mol. The summed E-state index contributed by atoms with van der Waals surface area (Å²) in [5, 5.41) is 3.65. The summed E-state index contributed by atoms with van der Waals surface area (Å²) < 4.78 is 0. The van der Waals surface area contributed by atoms with Crippen LogP contribution in [0.1, 0.15) is 53.4 Å². The van der Waals surface area contributed by atoms with Crippen LogP contribution in [0, 0.1) is 5.41 Å². The maximum Gasteiger partial charge on any atom is 0.0113 e. The Bertz CT molecular complexity index is 257. The molecule has 1 N–H and O–H groups in total. The van der Waals surface area contributed by atoms with Crippen molar-refractivity contribution in [1.29, 1.82) is 0 Å². The van der Waals surface area contributed by atoms with Crippen LogP contribution >= 0.6 is 0 Å². The molecule has 1 unspecified atom stereocenters. The van der Waals surface area contributed by atoms with Gasteiger partial charge in [0.15, 0.2) is 0 Å². The van der Waals surface area contributed by atoms with Crippen LogP contribution in [0.4, 0.5) is 0 Å². The summed E-state index contributed by atoms with van der Waals surface area (Å²) >= 11 is 0. The topological polar surface area (TPSA) is 18.5 Å². The normalized spacial score (nSPS) is 21.6. The Hall–Kier alpha value is -0.120. The van der Waals surface area contributed by atoms with Crippen LogP contribution in [0.2, 0.25) is 0 Å². The first kappa shape index (κ1) is 17.9. The molecule has 120 valence electrons. The largest absolute Gasteiger partial charge is 0.314 e. The van der Waals surface area contributed by atoms with Gasteiger partial charge in [0, 0.05) is 25.2 Å². The van der Waals surface area contributed by atoms with Crippen molar-refractivity contribution >= 4 is 0 Å². The van der Waals surface area contributed by atoms with Gasteiger partial charge < -0.3 is 15.1 Å². The summed E-state index contributed by atoms with van der Waals surface area (Å²) in [6.07, 6.45) is 5.25. The first-order valence-electron chi connectivity index (χ1n) is 8.48. The van der Waals surface area contributed by atoms with E-state index in [1.807, 2.05) is 0 Å². The van der Waals surface area contributed by atoms with Crippen molar-refractivity contribution in [2.45, 2.75) is 65.5 Å². The second-order valence-electron chi connectivity index (χ2n) is 7.57. The number of hydrogen-bond donors (Lipinski definition) is 1. The lowest BCUT2D eigenvalue weighted by molar-refractivity contribution is 0.0943. The quantitative estimate of drug-likeness (QED) is 0.739. The molecule has 1 aliphatic rings. The maximum absolute atomic E-state index is 3.65. The number of rotatable bonds is 8. The molecule has 0 aromatic carbocycles. The number of likely N-dealkylation sites (tertiary alicyclic amines) is 1. The molecule has 1 atom stereocenters. The molecule has 1 rings (SSSR count). The van der Waals surface area contributed by atoms with Crippen LogP contribution in [0.3, 0.4) is 0 Å². The molecule has 0 saturated carbocycles. The minimum Gasteiger partial charge on any atom is -0.314 e. The molecule has 1 aliphatic heterocycles. The minimum absolute atomic E-state index is 0.421. The van der Waals surface area contributed by atoms with Gasteiger partial charge in [-0.15, -0.1) is 0 Å². The summed E-state index contributed by atoms with van der Waals surface area (Å²) in [5.41, 5.74) is 0.421. The highest BCUT2D eigenvalue weighted by molar-refractivity contribution is 4.85. The highest BCUT2D eigenvalue weighted by atomic mass is 15.2. The van der Waals surface area contributed by atoms with Crippen molar-refractivity contribution in [2.75, 3.05) is 40.3 Å². The van der Waals surface area contributed by atoms with E-state index in [-0.39, 0.29) is 0 Å². The molecule has 0 radical (unpaired) electrons. The molecule has 0 aliphatic carbocycles. The number of nitrogens with one attached hydrogen (secondary N) is 1. The van der Waals surface area contributed by atoms with Crippen LogP contribution in [0.5, 0.6) is 0 Å². The third kappa shape index (κ3) is 6.11. The molecule has 1 heterocycles. The highest BCUT2D eigenvalue weighted by Crippen LogP contribution is 2.26. The van der Waals surface area contributed by atoms with E-state index in [0.29, 0.717) is 11.5 Å². The summed E-state index contributed by atoms with van der Waals surface area (Å²) in [6.45, 7) is 14.2. The zero-order chi connectivity index (χ0) is 15.2. The average molecular weight is 284 g/mol. The zero-order valence-electron chi connectivity index (χ0n) is 14.7. The van der Waals surface area contributed by atoms with Crippen molar-refractivity contribution in [3.05, 3.63) is 0 Å². The number of hydrogen-bond acceptors (Lipinski definition) is 3. The fourth-order valence-corrected chi connectivity index (χ4v) is 3.41. The van der Waals surface area contributed by atoms with Crippen molar-refractivity contribution in [3.63, 3.8) is 0 Å². The Morgan fingerprint density at radius 3 is 2.30 bits per heavy atom. The summed E-state index contributed by atoms with van der Waals surface area (Å²) in [4.78, 5) is 5.08. The smallest absolute Gasteiger partial charge is 0.0113 e. The lowest BCUT2D eigenvalue weighted by Crippen LogP contribution is -2.48. The van der Waals surface area contributed by atoms with Crippen LogP contribution < -0.4 is 5.32 Å². The summed E-state index contributed by atoms with van der Waals surface area (Å²) in [5.74, 6) is 0. The van der Waals surface area contributed by atoms with Gasteiger partial charge in [0.2, 0.25) is 0 Å². The fraction of sp³-hybridized carbons (Fsp3) is 1.00.